The molecule has 0 radical (unpaired) electrons. The second-order valence-electron chi connectivity index (χ2n) is 9.27. The van der Waals surface area contributed by atoms with Crippen LogP contribution in [0.15, 0.2) is 59.9 Å². The molecule has 0 saturated carbocycles. The molecule has 2 aliphatic heterocycles. The van der Waals surface area contributed by atoms with E-state index in [-0.39, 0.29) is 18.0 Å². The number of amidine groups is 1. The highest BCUT2D eigenvalue weighted by molar-refractivity contribution is 6.33. The summed E-state index contributed by atoms with van der Waals surface area (Å²) in [6.07, 6.45) is 3.41. The van der Waals surface area contributed by atoms with E-state index in [1.54, 1.807) is 18.5 Å². The largest absolute Gasteiger partial charge is 0.493 e. The summed E-state index contributed by atoms with van der Waals surface area (Å²) in [5.74, 6) is 2.15. The fourth-order valence-corrected chi connectivity index (χ4v) is 4.20. The van der Waals surface area contributed by atoms with Gasteiger partial charge in [-0.15, -0.1) is 0 Å². The van der Waals surface area contributed by atoms with Crippen LogP contribution in [0.4, 0.5) is 0 Å². The number of halogens is 1. The quantitative estimate of drug-likeness (QED) is 0.569. The number of hydrogen-bond acceptors (Lipinski definition) is 6. The van der Waals surface area contributed by atoms with Gasteiger partial charge in [0.25, 0.3) is 6.02 Å². The highest BCUT2D eigenvalue weighted by Gasteiger charge is 2.47. The van der Waals surface area contributed by atoms with Crippen molar-refractivity contribution >= 4 is 17.6 Å². The van der Waals surface area contributed by atoms with E-state index in [1.807, 2.05) is 36.4 Å². The molecule has 5 rings (SSSR count). The van der Waals surface area contributed by atoms with Crippen molar-refractivity contribution in [3.8, 4) is 28.4 Å². The monoisotopic (exact) mass is 449 g/mol. The predicted molar refractivity (Wildman–Crippen MR) is 125 cm³/mol. The second-order valence-corrected chi connectivity index (χ2v) is 9.68. The first-order valence-corrected chi connectivity index (χ1v) is 10.8. The lowest BCUT2D eigenvalue weighted by Gasteiger charge is -2.34. The molecule has 1 spiro atoms. The van der Waals surface area contributed by atoms with Gasteiger partial charge >= 0.3 is 0 Å². The van der Waals surface area contributed by atoms with E-state index in [0.717, 1.165) is 28.0 Å². The molecule has 164 valence electrons. The van der Waals surface area contributed by atoms with Crippen molar-refractivity contribution < 1.29 is 14.2 Å². The normalized spacial score (nSPS) is 18.9. The summed E-state index contributed by atoms with van der Waals surface area (Å²) in [5, 5.41) is 0.620. The molecule has 2 aliphatic rings. The van der Waals surface area contributed by atoms with Crippen LogP contribution in [-0.2, 0) is 10.3 Å². The van der Waals surface area contributed by atoms with Crippen molar-refractivity contribution in [3.63, 3.8) is 0 Å². The number of aromatic nitrogens is 1. The van der Waals surface area contributed by atoms with Crippen LogP contribution in [0.1, 0.15) is 31.9 Å². The number of aliphatic imine (C=N–C) groups is 1. The van der Waals surface area contributed by atoms with Crippen LogP contribution in [0.25, 0.3) is 11.1 Å². The van der Waals surface area contributed by atoms with Gasteiger partial charge in [0.1, 0.15) is 23.9 Å². The lowest BCUT2D eigenvalue weighted by atomic mass is 9.80. The molecule has 3 heterocycles. The molecule has 32 heavy (non-hydrogen) atoms. The zero-order chi connectivity index (χ0) is 22.5. The lowest BCUT2D eigenvalue weighted by molar-refractivity contribution is 0.197. The topological polar surface area (TPSA) is 79.0 Å². The van der Waals surface area contributed by atoms with Crippen LogP contribution >= 0.6 is 11.6 Å². The molecule has 0 aliphatic carbocycles. The maximum absolute atomic E-state index is 6.43. The molecular formula is C25H24ClN3O3. The zero-order valence-corrected chi connectivity index (χ0v) is 18.9. The SMILES string of the molecule is CC(C)(C)COc1ccc2c(c1)[C@]1(COC(N)=N1)c1cc(-c3cnccc3Cl)ccc1O2. The molecule has 1 atom stereocenters. The van der Waals surface area contributed by atoms with Gasteiger partial charge in [-0.2, -0.15) is 0 Å². The highest BCUT2D eigenvalue weighted by atomic mass is 35.5. The van der Waals surface area contributed by atoms with E-state index in [2.05, 4.69) is 25.8 Å². The molecule has 1 aromatic heterocycles. The van der Waals surface area contributed by atoms with Crippen molar-refractivity contribution in [2.75, 3.05) is 13.2 Å². The molecule has 3 aromatic rings. The smallest absolute Gasteiger partial charge is 0.283 e. The Kier molecular flexibility index (Phi) is 4.78. The van der Waals surface area contributed by atoms with Crippen LogP contribution in [-0.4, -0.2) is 24.2 Å². The fraction of sp³-hybridized carbons (Fsp3) is 0.280. The van der Waals surface area contributed by atoms with Gasteiger partial charge in [-0.1, -0.05) is 38.4 Å². The summed E-state index contributed by atoms with van der Waals surface area (Å²) in [4.78, 5) is 8.98. The van der Waals surface area contributed by atoms with Gasteiger partial charge in [0.15, 0.2) is 5.54 Å². The minimum absolute atomic E-state index is 0.0353. The van der Waals surface area contributed by atoms with Crippen LogP contribution in [0.3, 0.4) is 0 Å². The van der Waals surface area contributed by atoms with Crippen molar-refractivity contribution in [2.24, 2.45) is 16.1 Å². The Balaban J connectivity index is 1.64. The van der Waals surface area contributed by atoms with Crippen LogP contribution < -0.4 is 15.2 Å². The van der Waals surface area contributed by atoms with E-state index in [1.165, 1.54) is 0 Å². The lowest BCUT2D eigenvalue weighted by Crippen LogP contribution is -2.31. The Morgan fingerprint density at radius 2 is 1.84 bits per heavy atom. The first kappa shape index (κ1) is 20.6. The minimum atomic E-state index is -0.835. The van der Waals surface area contributed by atoms with Crippen molar-refractivity contribution in [3.05, 3.63) is 71.0 Å². The summed E-state index contributed by atoms with van der Waals surface area (Å²) in [7, 11) is 0. The third-order valence-electron chi connectivity index (χ3n) is 5.52. The Morgan fingerprint density at radius 1 is 1.09 bits per heavy atom. The van der Waals surface area contributed by atoms with Gasteiger partial charge in [0.2, 0.25) is 0 Å². The molecule has 6 nitrogen and oxygen atoms in total. The molecule has 0 bridgehead atoms. The number of rotatable bonds is 3. The maximum Gasteiger partial charge on any atom is 0.283 e. The van der Waals surface area contributed by atoms with Gasteiger partial charge in [0.05, 0.1) is 11.6 Å². The average Bonchev–Trinajstić information content (AvgIpc) is 3.15. The molecule has 2 N–H and O–H groups in total. The number of nitrogens with two attached hydrogens (primary N) is 1. The van der Waals surface area contributed by atoms with Crippen LogP contribution in [0.2, 0.25) is 5.02 Å². The second kappa shape index (κ2) is 7.41. The van der Waals surface area contributed by atoms with Gasteiger partial charge < -0.3 is 19.9 Å². The first-order valence-electron chi connectivity index (χ1n) is 10.4. The Labute approximate surface area is 192 Å². The summed E-state index contributed by atoms with van der Waals surface area (Å²) in [6, 6.07) is 13.6. The molecular weight excluding hydrogens is 426 g/mol. The van der Waals surface area contributed by atoms with Crippen molar-refractivity contribution in [1.29, 1.82) is 0 Å². The molecule has 0 amide bonds. The third-order valence-corrected chi connectivity index (χ3v) is 5.85. The fourth-order valence-electron chi connectivity index (χ4n) is 3.98. The first-order chi connectivity index (χ1) is 15.2. The van der Waals surface area contributed by atoms with Gasteiger partial charge in [-0.05, 0) is 47.4 Å². The van der Waals surface area contributed by atoms with Gasteiger partial charge in [-0.25, -0.2) is 4.99 Å². The Bertz CT molecular complexity index is 1240. The van der Waals surface area contributed by atoms with Gasteiger partial charge in [0, 0.05) is 29.1 Å². The number of ether oxygens (including phenoxy) is 3. The minimum Gasteiger partial charge on any atom is -0.493 e. The van der Waals surface area contributed by atoms with E-state index in [9.17, 15) is 0 Å². The van der Waals surface area contributed by atoms with E-state index < -0.39 is 5.54 Å². The predicted octanol–water partition coefficient (Wildman–Crippen LogP) is 5.52. The van der Waals surface area contributed by atoms with Crippen LogP contribution in [0, 0.1) is 5.41 Å². The van der Waals surface area contributed by atoms with Crippen LogP contribution in [0.5, 0.6) is 17.2 Å². The number of hydrogen-bond donors (Lipinski definition) is 1. The summed E-state index contributed by atoms with van der Waals surface area (Å²) >= 11 is 6.43. The highest BCUT2D eigenvalue weighted by Crippen LogP contribution is 2.52. The third kappa shape index (κ3) is 3.54. The summed E-state index contributed by atoms with van der Waals surface area (Å²) in [6.45, 7) is 7.25. The average molecular weight is 450 g/mol. The Hall–Kier alpha value is -3.25. The Morgan fingerprint density at radius 3 is 2.53 bits per heavy atom. The summed E-state index contributed by atoms with van der Waals surface area (Å²) in [5.41, 5.74) is 8.66. The number of nitrogens with zero attached hydrogens (tertiary/aromatic N) is 2. The van der Waals surface area contributed by atoms with Crippen molar-refractivity contribution in [2.45, 2.75) is 26.3 Å². The molecule has 0 fully saturated rings. The molecule has 0 unspecified atom stereocenters. The maximum atomic E-state index is 6.43. The molecule has 0 saturated heterocycles. The number of benzene rings is 2. The standard InChI is InChI=1S/C25H24ClN3O3/c1-24(2,3)13-30-16-5-7-22-19(11-16)25(14-31-23(27)29-25)18-10-15(4-6-21(18)32-22)17-12-28-9-8-20(17)26/h4-12H,13-14H2,1-3H3,(H2,27,29)/t25-/m0/s1. The van der Waals surface area contributed by atoms with E-state index in [0.29, 0.717) is 23.1 Å². The van der Waals surface area contributed by atoms with E-state index in [4.69, 9.17) is 36.5 Å². The summed E-state index contributed by atoms with van der Waals surface area (Å²) < 4.78 is 18.0. The van der Waals surface area contributed by atoms with Crippen molar-refractivity contribution in [1.82, 2.24) is 4.98 Å². The molecule has 2 aromatic carbocycles. The van der Waals surface area contributed by atoms with E-state index >= 15 is 0 Å². The number of pyridine rings is 1. The molecule has 7 heteroatoms. The van der Waals surface area contributed by atoms with Gasteiger partial charge in [-0.3, -0.25) is 4.98 Å². The number of fused-ring (bicyclic) bond motifs is 4. The zero-order valence-electron chi connectivity index (χ0n) is 18.2.